The summed E-state index contributed by atoms with van der Waals surface area (Å²) in [5.41, 5.74) is 1.75. The number of benzene rings is 3. The zero-order valence-electron chi connectivity index (χ0n) is 22.4. The van der Waals surface area contributed by atoms with Gasteiger partial charge >= 0.3 is 5.97 Å². The highest BCUT2D eigenvalue weighted by molar-refractivity contribution is 6.22. The normalized spacial score (nSPS) is 29.4. The van der Waals surface area contributed by atoms with Crippen molar-refractivity contribution in [3.05, 3.63) is 124 Å². The Kier molecular flexibility index (Phi) is 6.96. The Morgan fingerprint density at radius 2 is 1.44 bits per heavy atom. The molecule has 3 aromatic carbocycles. The number of allylic oxidation sites excluding steroid dienone is 1. The van der Waals surface area contributed by atoms with E-state index >= 15 is 0 Å². The third kappa shape index (κ3) is 4.33. The average molecular weight is 552 g/mol. The molecule has 41 heavy (non-hydrogen) atoms. The molecule has 208 valence electrons. The minimum atomic E-state index is -1.23. The molecule has 2 aliphatic heterocycles. The molecule has 1 aliphatic carbocycles. The summed E-state index contributed by atoms with van der Waals surface area (Å²) >= 11 is 0. The van der Waals surface area contributed by atoms with Crippen LogP contribution in [0.25, 0.3) is 0 Å². The van der Waals surface area contributed by atoms with Crippen LogP contribution in [0.15, 0.2) is 103 Å². The first kappa shape index (κ1) is 26.6. The lowest BCUT2D eigenvalue weighted by Crippen LogP contribution is -2.52. The summed E-state index contributed by atoms with van der Waals surface area (Å²) in [5, 5.41) is 12.9. The van der Waals surface area contributed by atoms with Crippen LogP contribution in [0.4, 0.5) is 5.69 Å². The second kappa shape index (κ2) is 10.7. The Labute approximate surface area is 237 Å². The lowest BCUT2D eigenvalue weighted by Gasteiger charge is -2.39. The smallest absolute Gasteiger partial charge is 0.324 e. The summed E-state index contributed by atoms with van der Waals surface area (Å²) in [6.45, 7) is 0. The summed E-state index contributed by atoms with van der Waals surface area (Å²) in [5.74, 6) is -3.66. The number of imide groups is 1. The number of carbonyl (C=O) groups excluding carboxylic acids is 3. The van der Waals surface area contributed by atoms with Crippen LogP contribution in [0.1, 0.15) is 29.5 Å². The van der Waals surface area contributed by atoms with Crippen LogP contribution in [-0.2, 0) is 19.1 Å². The largest absolute Gasteiger partial charge is 0.468 e. The molecule has 3 aromatic rings. The van der Waals surface area contributed by atoms with Gasteiger partial charge in [0.15, 0.2) is 0 Å². The van der Waals surface area contributed by atoms with Crippen LogP contribution in [0.3, 0.4) is 0 Å². The molecule has 0 unspecified atom stereocenters. The van der Waals surface area contributed by atoms with Gasteiger partial charge in [0.2, 0.25) is 17.9 Å². The first-order valence-electron chi connectivity index (χ1n) is 13.6. The monoisotopic (exact) mass is 551 g/mol. The van der Waals surface area contributed by atoms with Crippen LogP contribution < -0.4 is 4.90 Å². The molecule has 9 nitrogen and oxygen atoms in total. The van der Waals surface area contributed by atoms with Gasteiger partial charge in [-0.2, -0.15) is 0 Å². The van der Waals surface area contributed by atoms with Crippen molar-refractivity contribution in [3.8, 4) is 0 Å². The van der Waals surface area contributed by atoms with Crippen molar-refractivity contribution < 1.29 is 24.0 Å². The molecule has 0 bridgehead atoms. The average Bonchev–Trinajstić information content (AvgIpc) is 3.50. The summed E-state index contributed by atoms with van der Waals surface area (Å²) < 4.78 is 5.28. The van der Waals surface area contributed by atoms with E-state index in [0.29, 0.717) is 23.2 Å². The van der Waals surface area contributed by atoms with Crippen LogP contribution in [-0.4, -0.2) is 52.8 Å². The standard InChI is InChI=1S/C32H29N3O6/c1-41-32(38)29-25(20-12-5-2-6-13-20)28(35(39)40)27(21-14-7-3-8-15-21)34(29)24-19-11-18-23-26(24)31(37)33(30(23)36)22-16-9-4-10-17-22/h2-17,19,23-29H,18H2,1H3/t23-,24+,25+,26-,27-,28+,29-/m0/s1. The number of carbonyl (C=O) groups is 3. The third-order valence-corrected chi connectivity index (χ3v) is 8.61. The van der Waals surface area contributed by atoms with E-state index in [-0.39, 0.29) is 16.7 Å². The molecule has 9 heteroatoms. The number of para-hydroxylation sites is 1. The molecule has 0 saturated carbocycles. The number of anilines is 1. The number of ether oxygens (including phenoxy) is 1. The second-order valence-corrected chi connectivity index (χ2v) is 10.6. The van der Waals surface area contributed by atoms with Crippen LogP contribution in [0.2, 0.25) is 0 Å². The van der Waals surface area contributed by atoms with Gasteiger partial charge in [-0.25, -0.2) is 4.90 Å². The number of hydrogen-bond donors (Lipinski definition) is 0. The molecule has 2 amide bonds. The Hall–Kier alpha value is -4.63. The molecular weight excluding hydrogens is 522 g/mol. The highest BCUT2D eigenvalue weighted by Crippen LogP contribution is 2.52. The number of amides is 2. The molecule has 6 rings (SSSR count). The van der Waals surface area contributed by atoms with E-state index in [1.807, 2.05) is 30.4 Å². The molecule has 2 saturated heterocycles. The van der Waals surface area contributed by atoms with Gasteiger partial charge in [0.05, 0.1) is 30.6 Å². The Balaban J connectivity index is 1.54. The van der Waals surface area contributed by atoms with Crippen molar-refractivity contribution in [1.82, 2.24) is 4.90 Å². The van der Waals surface area contributed by atoms with Crippen molar-refractivity contribution in [2.75, 3.05) is 12.0 Å². The summed E-state index contributed by atoms with van der Waals surface area (Å²) in [7, 11) is 1.26. The molecule has 0 spiro atoms. The van der Waals surface area contributed by atoms with Crippen LogP contribution in [0, 0.1) is 22.0 Å². The van der Waals surface area contributed by atoms with E-state index in [9.17, 15) is 24.5 Å². The Morgan fingerprint density at radius 3 is 2.02 bits per heavy atom. The maximum Gasteiger partial charge on any atom is 0.324 e. The summed E-state index contributed by atoms with van der Waals surface area (Å²) in [4.78, 5) is 56.9. The zero-order chi connectivity index (χ0) is 28.7. The van der Waals surface area contributed by atoms with Gasteiger partial charge in [0.1, 0.15) is 12.1 Å². The number of fused-ring (bicyclic) bond motifs is 1. The predicted molar refractivity (Wildman–Crippen MR) is 150 cm³/mol. The number of nitrogens with zero attached hydrogens (tertiary/aromatic N) is 3. The van der Waals surface area contributed by atoms with Gasteiger partial charge in [-0.1, -0.05) is 91.0 Å². The Bertz CT molecular complexity index is 1500. The van der Waals surface area contributed by atoms with Gasteiger partial charge < -0.3 is 4.74 Å². The van der Waals surface area contributed by atoms with E-state index in [2.05, 4.69) is 0 Å². The SMILES string of the molecule is COC(=O)[C@@H]1[C@H](c2ccccc2)[C@@H]([N+](=O)[O-])[C@H](c2ccccc2)N1[C@@H]1C=CC[C@@H]2C(=O)N(c3ccccc3)C(=O)[C@@H]21. The van der Waals surface area contributed by atoms with E-state index < -0.39 is 47.9 Å². The topological polar surface area (TPSA) is 110 Å². The number of methoxy groups -OCH3 is 1. The van der Waals surface area contributed by atoms with Gasteiger partial charge in [-0.3, -0.25) is 29.4 Å². The predicted octanol–water partition coefficient (Wildman–Crippen LogP) is 4.15. The number of esters is 1. The zero-order valence-corrected chi connectivity index (χ0v) is 22.4. The van der Waals surface area contributed by atoms with E-state index in [4.69, 9.17) is 4.74 Å². The van der Waals surface area contributed by atoms with Gasteiger partial charge in [0, 0.05) is 11.0 Å². The maximum atomic E-state index is 14.1. The first-order valence-corrected chi connectivity index (χ1v) is 13.6. The highest BCUT2D eigenvalue weighted by atomic mass is 16.6. The third-order valence-electron chi connectivity index (χ3n) is 8.61. The van der Waals surface area contributed by atoms with Crippen molar-refractivity contribution in [1.29, 1.82) is 0 Å². The maximum absolute atomic E-state index is 14.1. The van der Waals surface area contributed by atoms with Crippen molar-refractivity contribution in [3.63, 3.8) is 0 Å². The van der Waals surface area contributed by atoms with Gasteiger partial charge in [0.25, 0.3) is 0 Å². The quantitative estimate of drug-likeness (QED) is 0.149. The fourth-order valence-corrected chi connectivity index (χ4v) is 6.98. The molecule has 0 aromatic heterocycles. The molecule has 3 aliphatic rings. The van der Waals surface area contributed by atoms with Gasteiger partial charge in [-0.15, -0.1) is 0 Å². The lowest BCUT2D eigenvalue weighted by molar-refractivity contribution is -0.529. The molecule has 7 atom stereocenters. The number of rotatable bonds is 6. The Morgan fingerprint density at radius 1 is 0.854 bits per heavy atom. The first-order chi connectivity index (χ1) is 19.9. The summed E-state index contributed by atoms with van der Waals surface area (Å²) in [6, 6.07) is 22.8. The van der Waals surface area contributed by atoms with Crippen LogP contribution in [0.5, 0.6) is 0 Å². The van der Waals surface area contributed by atoms with Gasteiger partial charge in [-0.05, 0) is 29.7 Å². The van der Waals surface area contributed by atoms with Crippen LogP contribution >= 0.6 is 0 Å². The molecule has 2 fully saturated rings. The van der Waals surface area contributed by atoms with Crippen molar-refractivity contribution >= 4 is 23.5 Å². The fraction of sp³-hybridized carbons (Fsp3) is 0.281. The van der Waals surface area contributed by atoms with Crippen molar-refractivity contribution in [2.45, 2.75) is 36.5 Å². The van der Waals surface area contributed by atoms with E-state index in [0.717, 1.165) is 0 Å². The van der Waals surface area contributed by atoms with Crippen molar-refractivity contribution in [2.24, 2.45) is 11.8 Å². The molecular formula is C32H29N3O6. The number of hydrogen-bond acceptors (Lipinski definition) is 7. The lowest BCUT2D eigenvalue weighted by atomic mass is 9.80. The number of nitro groups is 1. The van der Waals surface area contributed by atoms with E-state index in [1.54, 1.807) is 77.7 Å². The molecule has 0 radical (unpaired) electrons. The highest BCUT2D eigenvalue weighted by Gasteiger charge is 2.64. The minimum absolute atomic E-state index is 0.309. The van der Waals surface area contributed by atoms with E-state index in [1.165, 1.54) is 12.0 Å². The minimum Gasteiger partial charge on any atom is -0.468 e. The summed E-state index contributed by atoms with van der Waals surface area (Å²) in [6.07, 6.45) is 4.04. The fourth-order valence-electron chi connectivity index (χ4n) is 6.98. The second-order valence-electron chi connectivity index (χ2n) is 10.6. The number of likely N-dealkylation sites (tertiary alicyclic amines) is 1. The molecule has 0 N–H and O–H groups in total. The molecule has 2 heterocycles.